The molecule has 0 bridgehead atoms. The van der Waals surface area contributed by atoms with Gasteiger partial charge >= 0.3 is 0 Å². The van der Waals surface area contributed by atoms with Crippen LogP contribution in [0.3, 0.4) is 0 Å². The van der Waals surface area contributed by atoms with Crippen LogP contribution in [0.5, 0.6) is 0 Å². The third-order valence-electron chi connectivity index (χ3n) is 5.33. The molecule has 1 saturated heterocycles. The lowest BCUT2D eigenvalue weighted by Crippen LogP contribution is -2.35. The second-order valence-electron chi connectivity index (χ2n) is 6.92. The Kier molecular flexibility index (Phi) is 4.19. The molecule has 1 heterocycles. The number of likely N-dealkylation sites (tertiary alicyclic amines) is 1. The van der Waals surface area contributed by atoms with Crippen LogP contribution in [0.15, 0.2) is 48.5 Å². The Bertz CT molecular complexity index is 626. The molecule has 0 amide bonds. The Balaban J connectivity index is 1.69. The van der Waals surface area contributed by atoms with Crippen LogP contribution in [0.4, 0.5) is 0 Å². The summed E-state index contributed by atoms with van der Waals surface area (Å²) in [6, 6.07) is 17.7. The van der Waals surface area contributed by atoms with Gasteiger partial charge in [0.05, 0.1) is 6.10 Å². The number of ether oxygens (including phenoxy) is 1. The first-order chi connectivity index (χ1) is 11.3. The van der Waals surface area contributed by atoms with Crippen molar-refractivity contribution >= 4 is 0 Å². The molecule has 0 radical (unpaired) electrons. The molecule has 2 heteroatoms. The summed E-state index contributed by atoms with van der Waals surface area (Å²) in [5.41, 5.74) is 5.64. The minimum absolute atomic E-state index is 0.0957. The molecule has 23 heavy (non-hydrogen) atoms. The molecule has 2 aromatic carbocycles. The van der Waals surface area contributed by atoms with Gasteiger partial charge in [0.15, 0.2) is 0 Å². The van der Waals surface area contributed by atoms with E-state index in [0.29, 0.717) is 6.10 Å². The molecule has 2 aliphatic rings. The fraction of sp³-hybridized carbons (Fsp3) is 0.429. The summed E-state index contributed by atoms with van der Waals surface area (Å²) in [5, 5.41) is 0. The van der Waals surface area contributed by atoms with Gasteiger partial charge in [0, 0.05) is 13.1 Å². The first-order valence-corrected chi connectivity index (χ1v) is 8.81. The quantitative estimate of drug-likeness (QED) is 0.832. The molecule has 0 unspecified atom stereocenters. The van der Waals surface area contributed by atoms with Gasteiger partial charge in [-0.2, -0.15) is 0 Å². The van der Waals surface area contributed by atoms with Crippen molar-refractivity contribution in [2.24, 2.45) is 0 Å². The van der Waals surface area contributed by atoms with E-state index in [-0.39, 0.29) is 6.10 Å². The fourth-order valence-corrected chi connectivity index (χ4v) is 3.93. The molecule has 0 aromatic heterocycles. The number of fused-ring (bicyclic) bond motifs is 2. The van der Waals surface area contributed by atoms with E-state index >= 15 is 0 Å². The standard InChI is InChI=1S/C21H25NO/c1-22-14-12-18(13-15-22)23-21-19-8-4-2-6-16(19)10-11-17-7-3-5-9-20(17)21/h2-9,18,21H,10-15H2,1H3. The topological polar surface area (TPSA) is 12.5 Å². The fourth-order valence-electron chi connectivity index (χ4n) is 3.93. The highest BCUT2D eigenvalue weighted by Gasteiger charge is 2.28. The minimum Gasteiger partial charge on any atom is -0.365 e. The summed E-state index contributed by atoms with van der Waals surface area (Å²) in [5.74, 6) is 0. The molecule has 120 valence electrons. The van der Waals surface area contributed by atoms with Crippen LogP contribution in [0.25, 0.3) is 0 Å². The second-order valence-corrected chi connectivity index (χ2v) is 6.92. The van der Waals surface area contributed by atoms with Crippen LogP contribution in [0.2, 0.25) is 0 Å². The highest BCUT2D eigenvalue weighted by Crippen LogP contribution is 2.36. The zero-order chi connectivity index (χ0) is 15.6. The summed E-state index contributed by atoms with van der Waals surface area (Å²) < 4.78 is 6.69. The van der Waals surface area contributed by atoms with Gasteiger partial charge in [-0.3, -0.25) is 0 Å². The molecule has 1 aliphatic heterocycles. The smallest absolute Gasteiger partial charge is 0.108 e. The van der Waals surface area contributed by atoms with E-state index in [4.69, 9.17) is 4.74 Å². The highest BCUT2D eigenvalue weighted by atomic mass is 16.5. The molecule has 1 fully saturated rings. The molecule has 0 saturated carbocycles. The van der Waals surface area contributed by atoms with Crippen molar-refractivity contribution in [2.45, 2.75) is 37.9 Å². The molecular formula is C21H25NO. The lowest BCUT2D eigenvalue weighted by molar-refractivity contribution is -0.0236. The molecule has 0 spiro atoms. The largest absolute Gasteiger partial charge is 0.365 e. The lowest BCUT2D eigenvalue weighted by Gasteiger charge is -2.32. The molecule has 0 atom stereocenters. The first kappa shape index (κ1) is 14.9. The van der Waals surface area contributed by atoms with E-state index in [9.17, 15) is 0 Å². The summed E-state index contributed by atoms with van der Waals surface area (Å²) >= 11 is 0. The van der Waals surface area contributed by atoms with Gasteiger partial charge in [-0.25, -0.2) is 0 Å². The number of aryl methyl sites for hydroxylation is 2. The second kappa shape index (κ2) is 6.46. The predicted octanol–water partition coefficient (Wildman–Crippen LogP) is 3.99. The van der Waals surface area contributed by atoms with Crippen molar-refractivity contribution in [1.29, 1.82) is 0 Å². The number of benzene rings is 2. The maximum atomic E-state index is 6.69. The van der Waals surface area contributed by atoms with Gasteiger partial charge in [0.2, 0.25) is 0 Å². The molecule has 2 nitrogen and oxygen atoms in total. The number of rotatable bonds is 2. The Labute approximate surface area is 139 Å². The van der Waals surface area contributed by atoms with Gasteiger partial charge in [0.1, 0.15) is 6.10 Å². The number of hydrogen-bond donors (Lipinski definition) is 0. The molecular weight excluding hydrogens is 282 g/mol. The van der Waals surface area contributed by atoms with E-state index in [2.05, 4.69) is 60.5 Å². The average molecular weight is 307 g/mol. The number of piperidine rings is 1. The van der Waals surface area contributed by atoms with E-state index in [1.807, 2.05) is 0 Å². The van der Waals surface area contributed by atoms with Gasteiger partial charge < -0.3 is 9.64 Å². The Hall–Kier alpha value is -1.64. The van der Waals surface area contributed by atoms with E-state index in [0.717, 1.165) is 38.8 Å². The van der Waals surface area contributed by atoms with Crippen molar-refractivity contribution in [1.82, 2.24) is 4.90 Å². The maximum Gasteiger partial charge on any atom is 0.108 e. The third-order valence-corrected chi connectivity index (χ3v) is 5.33. The van der Waals surface area contributed by atoms with Crippen LogP contribution < -0.4 is 0 Å². The zero-order valence-electron chi connectivity index (χ0n) is 13.9. The van der Waals surface area contributed by atoms with E-state index < -0.39 is 0 Å². The van der Waals surface area contributed by atoms with Crippen LogP contribution in [0, 0.1) is 0 Å². The minimum atomic E-state index is 0.0957. The van der Waals surface area contributed by atoms with Gasteiger partial charge in [-0.15, -0.1) is 0 Å². The molecule has 4 rings (SSSR count). The van der Waals surface area contributed by atoms with Crippen molar-refractivity contribution in [3.8, 4) is 0 Å². The Morgan fingerprint density at radius 2 is 1.35 bits per heavy atom. The number of hydrogen-bond acceptors (Lipinski definition) is 2. The lowest BCUT2D eigenvalue weighted by atomic mass is 9.96. The van der Waals surface area contributed by atoms with E-state index in [1.54, 1.807) is 0 Å². The summed E-state index contributed by atoms with van der Waals surface area (Å²) in [6.07, 6.45) is 4.96. The van der Waals surface area contributed by atoms with Crippen LogP contribution in [0.1, 0.15) is 41.2 Å². The van der Waals surface area contributed by atoms with Crippen molar-refractivity contribution in [2.75, 3.05) is 20.1 Å². The SMILES string of the molecule is CN1CCC(OC2c3ccccc3CCc3ccccc32)CC1. The van der Waals surface area contributed by atoms with Crippen molar-refractivity contribution in [3.05, 3.63) is 70.8 Å². The van der Waals surface area contributed by atoms with Gasteiger partial charge in [0.25, 0.3) is 0 Å². The monoisotopic (exact) mass is 307 g/mol. The van der Waals surface area contributed by atoms with Crippen molar-refractivity contribution < 1.29 is 4.74 Å². The van der Waals surface area contributed by atoms with Gasteiger partial charge in [-0.05, 0) is 55.0 Å². The Morgan fingerprint density at radius 1 is 0.826 bits per heavy atom. The molecule has 0 N–H and O–H groups in total. The van der Waals surface area contributed by atoms with Crippen molar-refractivity contribution in [3.63, 3.8) is 0 Å². The molecule has 2 aromatic rings. The first-order valence-electron chi connectivity index (χ1n) is 8.81. The van der Waals surface area contributed by atoms with Crippen LogP contribution in [-0.4, -0.2) is 31.1 Å². The highest BCUT2D eigenvalue weighted by molar-refractivity contribution is 5.43. The van der Waals surface area contributed by atoms with E-state index in [1.165, 1.54) is 22.3 Å². The maximum absolute atomic E-state index is 6.69. The zero-order valence-corrected chi connectivity index (χ0v) is 13.9. The van der Waals surface area contributed by atoms with Crippen LogP contribution >= 0.6 is 0 Å². The van der Waals surface area contributed by atoms with Crippen LogP contribution in [-0.2, 0) is 17.6 Å². The van der Waals surface area contributed by atoms with Gasteiger partial charge in [-0.1, -0.05) is 48.5 Å². The number of nitrogens with zero attached hydrogens (tertiary/aromatic N) is 1. The Morgan fingerprint density at radius 3 is 1.91 bits per heavy atom. The molecule has 1 aliphatic carbocycles. The third kappa shape index (κ3) is 3.06. The predicted molar refractivity (Wildman–Crippen MR) is 93.7 cm³/mol. The summed E-state index contributed by atoms with van der Waals surface area (Å²) in [4.78, 5) is 2.40. The normalized spacial score (nSPS) is 19.9. The summed E-state index contributed by atoms with van der Waals surface area (Å²) in [6.45, 7) is 2.28. The summed E-state index contributed by atoms with van der Waals surface area (Å²) in [7, 11) is 2.20. The average Bonchev–Trinajstić information content (AvgIpc) is 2.75.